The van der Waals surface area contributed by atoms with Crippen molar-refractivity contribution in [2.24, 2.45) is 0 Å². The fourth-order valence-electron chi connectivity index (χ4n) is 2.66. The van der Waals surface area contributed by atoms with Crippen LogP contribution < -0.4 is 5.32 Å². The molecule has 8 heteroatoms. The SMILES string of the molecule is CC(=O)N[C@H]1[C@@H](OC(C)=O)[C@H](O)[C@@H](COCc2ccccc2)O[C@@H]1O. The Hall–Kier alpha value is -2.00. The second-order valence-corrected chi connectivity index (χ2v) is 5.86. The van der Waals surface area contributed by atoms with Gasteiger partial charge in [-0.2, -0.15) is 0 Å². The minimum atomic E-state index is -1.44. The standard InChI is InChI=1S/C17H23NO7/c1-10(19)18-14-16(24-11(2)20)15(21)13(25-17(14)22)9-23-8-12-6-4-3-5-7-12/h3-7,13-17,21-22H,8-9H2,1-2H3,(H,18,19)/t13-,14+,15-,16-,17+/m1/s1. The zero-order valence-electron chi connectivity index (χ0n) is 14.1. The quantitative estimate of drug-likeness (QED) is 0.603. The summed E-state index contributed by atoms with van der Waals surface area (Å²) in [5.41, 5.74) is 0.945. The Kier molecular flexibility index (Phi) is 6.89. The normalized spacial score (nSPS) is 29.0. The van der Waals surface area contributed by atoms with Gasteiger partial charge in [0, 0.05) is 13.8 Å². The van der Waals surface area contributed by atoms with E-state index in [9.17, 15) is 19.8 Å². The van der Waals surface area contributed by atoms with Crippen LogP contribution >= 0.6 is 0 Å². The molecule has 8 nitrogen and oxygen atoms in total. The maximum Gasteiger partial charge on any atom is 0.303 e. The van der Waals surface area contributed by atoms with Crippen LogP contribution in [0, 0.1) is 0 Å². The molecule has 1 amide bonds. The van der Waals surface area contributed by atoms with Crippen LogP contribution in [-0.2, 0) is 30.4 Å². The van der Waals surface area contributed by atoms with E-state index in [-0.39, 0.29) is 6.61 Å². The molecule has 1 aromatic rings. The van der Waals surface area contributed by atoms with Crippen LogP contribution in [-0.4, -0.2) is 59.3 Å². The Morgan fingerprint density at radius 2 is 1.88 bits per heavy atom. The van der Waals surface area contributed by atoms with Crippen LogP contribution in [0.1, 0.15) is 19.4 Å². The summed E-state index contributed by atoms with van der Waals surface area (Å²) in [6.45, 7) is 2.72. The molecule has 0 aliphatic carbocycles. The van der Waals surface area contributed by atoms with Crippen molar-refractivity contribution in [3.05, 3.63) is 35.9 Å². The predicted molar refractivity (Wildman–Crippen MR) is 86.1 cm³/mol. The summed E-state index contributed by atoms with van der Waals surface area (Å²) in [4.78, 5) is 22.6. The smallest absolute Gasteiger partial charge is 0.303 e. The molecule has 1 aliphatic heterocycles. The monoisotopic (exact) mass is 353 g/mol. The van der Waals surface area contributed by atoms with E-state index in [2.05, 4.69) is 5.32 Å². The average Bonchev–Trinajstić information content (AvgIpc) is 2.55. The first-order chi connectivity index (χ1) is 11.9. The van der Waals surface area contributed by atoms with E-state index in [1.165, 1.54) is 13.8 Å². The number of benzene rings is 1. The van der Waals surface area contributed by atoms with Gasteiger partial charge in [0.05, 0.1) is 13.2 Å². The molecule has 3 N–H and O–H groups in total. The molecule has 5 atom stereocenters. The predicted octanol–water partition coefficient (Wildman–Crippen LogP) is -0.282. The highest BCUT2D eigenvalue weighted by Gasteiger charge is 2.47. The van der Waals surface area contributed by atoms with Gasteiger partial charge in [-0.15, -0.1) is 0 Å². The van der Waals surface area contributed by atoms with Crippen molar-refractivity contribution in [2.45, 2.75) is 51.1 Å². The van der Waals surface area contributed by atoms with Crippen LogP contribution in [0.2, 0.25) is 0 Å². The van der Waals surface area contributed by atoms with Crippen molar-refractivity contribution in [3.8, 4) is 0 Å². The number of ether oxygens (including phenoxy) is 3. The van der Waals surface area contributed by atoms with E-state index in [0.717, 1.165) is 5.56 Å². The lowest BCUT2D eigenvalue weighted by Gasteiger charge is -2.42. The van der Waals surface area contributed by atoms with E-state index >= 15 is 0 Å². The molecule has 0 unspecified atom stereocenters. The Morgan fingerprint density at radius 3 is 2.48 bits per heavy atom. The summed E-state index contributed by atoms with van der Waals surface area (Å²) < 4.78 is 15.9. The van der Waals surface area contributed by atoms with E-state index in [1.54, 1.807) is 0 Å². The summed E-state index contributed by atoms with van der Waals surface area (Å²) in [6, 6.07) is 8.36. The first-order valence-corrected chi connectivity index (χ1v) is 7.96. The minimum Gasteiger partial charge on any atom is -0.457 e. The topological polar surface area (TPSA) is 114 Å². The molecule has 25 heavy (non-hydrogen) atoms. The van der Waals surface area contributed by atoms with E-state index in [4.69, 9.17) is 14.2 Å². The lowest BCUT2D eigenvalue weighted by molar-refractivity contribution is -0.261. The molecule has 0 saturated carbocycles. The molecular formula is C17H23NO7. The molecule has 0 bridgehead atoms. The maximum absolute atomic E-state index is 11.3. The lowest BCUT2D eigenvalue weighted by atomic mass is 9.96. The number of esters is 1. The average molecular weight is 353 g/mol. The van der Waals surface area contributed by atoms with Gasteiger partial charge in [0.15, 0.2) is 12.4 Å². The number of hydrogen-bond donors (Lipinski definition) is 3. The largest absolute Gasteiger partial charge is 0.457 e. The van der Waals surface area contributed by atoms with Crippen molar-refractivity contribution >= 4 is 11.9 Å². The number of aliphatic hydroxyl groups is 2. The molecule has 0 spiro atoms. The third kappa shape index (κ3) is 5.50. The lowest BCUT2D eigenvalue weighted by Crippen LogP contribution is -2.65. The second kappa shape index (κ2) is 8.91. The molecule has 1 saturated heterocycles. The molecule has 1 aromatic carbocycles. The van der Waals surface area contributed by atoms with Crippen molar-refractivity contribution in [2.75, 3.05) is 6.61 Å². The fraction of sp³-hybridized carbons (Fsp3) is 0.529. The Morgan fingerprint density at radius 1 is 1.20 bits per heavy atom. The van der Waals surface area contributed by atoms with E-state index in [0.29, 0.717) is 6.61 Å². The van der Waals surface area contributed by atoms with Gasteiger partial charge >= 0.3 is 5.97 Å². The first kappa shape index (κ1) is 19.3. The highest BCUT2D eigenvalue weighted by atomic mass is 16.6. The molecule has 138 valence electrons. The molecule has 1 heterocycles. The molecule has 1 aliphatic rings. The van der Waals surface area contributed by atoms with Crippen molar-refractivity contribution < 1.29 is 34.0 Å². The number of carbonyl (C=O) groups is 2. The van der Waals surface area contributed by atoms with Gasteiger partial charge in [0.1, 0.15) is 18.2 Å². The highest BCUT2D eigenvalue weighted by molar-refractivity contribution is 5.73. The Labute approximate surface area is 145 Å². The summed E-state index contributed by atoms with van der Waals surface area (Å²) in [7, 11) is 0. The summed E-state index contributed by atoms with van der Waals surface area (Å²) in [5.74, 6) is -1.09. The maximum atomic E-state index is 11.3. The third-order valence-electron chi connectivity index (χ3n) is 3.76. The zero-order chi connectivity index (χ0) is 18.4. The van der Waals surface area contributed by atoms with Crippen molar-refractivity contribution in [1.29, 1.82) is 0 Å². The first-order valence-electron chi connectivity index (χ1n) is 7.96. The van der Waals surface area contributed by atoms with Crippen LogP contribution in [0.4, 0.5) is 0 Å². The van der Waals surface area contributed by atoms with E-state index < -0.39 is 42.5 Å². The van der Waals surface area contributed by atoms with Crippen molar-refractivity contribution in [1.82, 2.24) is 5.32 Å². The molecular weight excluding hydrogens is 330 g/mol. The minimum absolute atomic E-state index is 0.0162. The van der Waals surface area contributed by atoms with Gasteiger partial charge in [0.2, 0.25) is 5.91 Å². The van der Waals surface area contributed by atoms with Crippen LogP contribution in [0.3, 0.4) is 0 Å². The number of rotatable bonds is 6. The number of amides is 1. The molecule has 0 radical (unpaired) electrons. The van der Waals surface area contributed by atoms with Gasteiger partial charge in [0.25, 0.3) is 0 Å². The summed E-state index contributed by atoms with van der Waals surface area (Å²) >= 11 is 0. The Bertz CT molecular complexity index is 580. The zero-order valence-corrected chi connectivity index (χ0v) is 14.1. The highest BCUT2D eigenvalue weighted by Crippen LogP contribution is 2.23. The van der Waals surface area contributed by atoms with Gasteiger partial charge in [-0.25, -0.2) is 0 Å². The summed E-state index contributed by atoms with van der Waals surface area (Å²) in [5, 5.41) is 23.0. The van der Waals surface area contributed by atoms with Crippen LogP contribution in [0.15, 0.2) is 30.3 Å². The fourth-order valence-corrected chi connectivity index (χ4v) is 2.66. The van der Waals surface area contributed by atoms with Gasteiger partial charge in [-0.3, -0.25) is 9.59 Å². The summed E-state index contributed by atoms with van der Waals surface area (Å²) in [6.07, 6.45) is -4.76. The van der Waals surface area contributed by atoms with Gasteiger partial charge < -0.3 is 29.7 Å². The van der Waals surface area contributed by atoms with Crippen LogP contribution in [0.5, 0.6) is 0 Å². The number of hydrogen-bond acceptors (Lipinski definition) is 7. The van der Waals surface area contributed by atoms with Gasteiger partial charge in [-0.05, 0) is 5.56 Å². The number of carbonyl (C=O) groups excluding carboxylic acids is 2. The molecule has 2 rings (SSSR count). The molecule has 1 fully saturated rings. The number of nitrogens with one attached hydrogen (secondary N) is 1. The third-order valence-corrected chi connectivity index (χ3v) is 3.76. The van der Waals surface area contributed by atoms with E-state index in [1.807, 2.05) is 30.3 Å². The van der Waals surface area contributed by atoms with Crippen molar-refractivity contribution in [3.63, 3.8) is 0 Å². The molecule has 0 aromatic heterocycles. The van der Waals surface area contributed by atoms with Crippen LogP contribution in [0.25, 0.3) is 0 Å². The second-order valence-electron chi connectivity index (χ2n) is 5.86. The van der Waals surface area contributed by atoms with Gasteiger partial charge in [-0.1, -0.05) is 30.3 Å². The number of aliphatic hydroxyl groups excluding tert-OH is 2. The Balaban J connectivity index is 1.99.